The lowest BCUT2D eigenvalue weighted by molar-refractivity contribution is 0.0168. The summed E-state index contributed by atoms with van der Waals surface area (Å²) in [5.41, 5.74) is 0. The minimum atomic E-state index is 0. The second-order valence-electron chi connectivity index (χ2n) is 7.47. The molecule has 2 aliphatic heterocycles. The number of rotatable bonds is 12. The highest BCUT2D eigenvalue weighted by molar-refractivity contribution is 14.0. The molecule has 0 aromatic rings. The minimum Gasteiger partial charge on any atom is -0.379 e. The summed E-state index contributed by atoms with van der Waals surface area (Å²) in [4.78, 5) is 9.41. The molecule has 28 heavy (non-hydrogen) atoms. The maximum atomic E-state index is 5.68. The summed E-state index contributed by atoms with van der Waals surface area (Å²) >= 11 is 0. The molecular formula is C20H42IN5O2. The van der Waals surface area contributed by atoms with Gasteiger partial charge in [-0.3, -0.25) is 4.99 Å². The summed E-state index contributed by atoms with van der Waals surface area (Å²) in [7, 11) is 1.83. The number of ether oxygens (including phenoxy) is 2. The van der Waals surface area contributed by atoms with Crippen molar-refractivity contribution in [2.75, 3.05) is 79.2 Å². The highest BCUT2D eigenvalue weighted by Gasteiger charge is 2.15. The first-order valence-corrected chi connectivity index (χ1v) is 10.9. The van der Waals surface area contributed by atoms with Crippen LogP contribution in [0.5, 0.6) is 0 Å². The molecule has 0 spiro atoms. The van der Waals surface area contributed by atoms with E-state index in [1.54, 1.807) is 0 Å². The molecule has 0 radical (unpaired) electrons. The topological polar surface area (TPSA) is 61.4 Å². The Morgan fingerprint density at radius 2 is 1.79 bits per heavy atom. The van der Waals surface area contributed by atoms with Crippen LogP contribution in [0, 0.1) is 0 Å². The van der Waals surface area contributed by atoms with E-state index in [1.165, 1.54) is 58.5 Å². The molecular weight excluding hydrogens is 469 g/mol. The highest BCUT2D eigenvalue weighted by Crippen LogP contribution is 2.11. The van der Waals surface area contributed by atoms with Gasteiger partial charge in [-0.2, -0.15) is 0 Å². The van der Waals surface area contributed by atoms with Crippen molar-refractivity contribution < 1.29 is 9.47 Å². The number of nitrogens with zero attached hydrogens (tertiary/aromatic N) is 3. The van der Waals surface area contributed by atoms with Crippen molar-refractivity contribution in [2.24, 2.45) is 4.99 Å². The van der Waals surface area contributed by atoms with Crippen molar-refractivity contribution in [2.45, 2.75) is 45.1 Å². The highest BCUT2D eigenvalue weighted by atomic mass is 127. The first-order chi connectivity index (χ1) is 13.3. The molecule has 8 heteroatoms. The standard InChI is InChI=1S/C20H41N5O2.HI/c1-3-24-12-14-25(15-13-24)11-5-4-9-22-20(21-2)23-10-7-16-26-18-19-8-6-17-27-19;/h19H,3-18H2,1-2H3,(H2,21,22,23);1H. The van der Waals surface area contributed by atoms with Crippen molar-refractivity contribution in [3.05, 3.63) is 0 Å². The normalized spacial score (nSPS) is 21.5. The predicted octanol–water partition coefficient (Wildman–Crippen LogP) is 1.77. The van der Waals surface area contributed by atoms with Crippen LogP contribution < -0.4 is 10.6 Å². The number of nitrogens with one attached hydrogen (secondary N) is 2. The van der Waals surface area contributed by atoms with Gasteiger partial charge in [0.1, 0.15) is 0 Å². The van der Waals surface area contributed by atoms with Gasteiger partial charge in [0, 0.05) is 59.5 Å². The molecule has 0 aromatic heterocycles. The molecule has 0 aromatic carbocycles. The van der Waals surface area contributed by atoms with Gasteiger partial charge in [-0.1, -0.05) is 6.92 Å². The van der Waals surface area contributed by atoms with E-state index in [4.69, 9.17) is 9.47 Å². The third-order valence-corrected chi connectivity index (χ3v) is 5.41. The van der Waals surface area contributed by atoms with Gasteiger partial charge >= 0.3 is 0 Å². The van der Waals surface area contributed by atoms with E-state index < -0.39 is 0 Å². The zero-order valence-electron chi connectivity index (χ0n) is 18.0. The fraction of sp³-hybridized carbons (Fsp3) is 0.950. The lowest BCUT2D eigenvalue weighted by atomic mass is 10.2. The van der Waals surface area contributed by atoms with Gasteiger partial charge in [-0.25, -0.2) is 0 Å². The van der Waals surface area contributed by atoms with Crippen molar-refractivity contribution >= 4 is 29.9 Å². The van der Waals surface area contributed by atoms with E-state index in [9.17, 15) is 0 Å². The van der Waals surface area contributed by atoms with Crippen molar-refractivity contribution in [3.63, 3.8) is 0 Å². The lowest BCUT2D eigenvalue weighted by Crippen LogP contribution is -2.46. The first kappa shape index (κ1) is 25.9. The number of hydrogen-bond donors (Lipinski definition) is 2. The Balaban J connectivity index is 0.00000392. The average Bonchev–Trinajstić information content (AvgIpc) is 3.22. The molecule has 1 unspecified atom stereocenters. The molecule has 0 aliphatic carbocycles. The van der Waals surface area contributed by atoms with Crippen LogP contribution in [0.1, 0.15) is 39.0 Å². The largest absolute Gasteiger partial charge is 0.379 e. The minimum absolute atomic E-state index is 0. The van der Waals surface area contributed by atoms with Gasteiger partial charge in [0.15, 0.2) is 5.96 Å². The molecule has 2 rings (SSSR count). The van der Waals surface area contributed by atoms with Gasteiger partial charge in [0.2, 0.25) is 0 Å². The lowest BCUT2D eigenvalue weighted by Gasteiger charge is -2.34. The van der Waals surface area contributed by atoms with Crippen molar-refractivity contribution in [1.82, 2.24) is 20.4 Å². The fourth-order valence-electron chi connectivity index (χ4n) is 3.59. The van der Waals surface area contributed by atoms with Crippen LogP contribution in [0.2, 0.25) is 0 Å². The Morgan fingerprint density at radius 3 is 2.43 bits per heavy atom. The van der Waals surface area contributed by atoms with E-state index in [1.807, 2.05) is 7.05 Å². The quantitative estimate of drug-likeness (QED) is 0.180. The number of hydrogen-bond acceptors (Lipinski definition) is 5. The van der Waals surface area contributed by atoms with Gasteiger partial charge < -0.3 is 29.9 Å². The Hall–Kier alpha value is -0.160. The molecule has 0 saturated carbocycles. The number of aliphatic imine (C=N–C) groups is 1. The molecule has 0 amide bonds. The monoisotopic (exact) mass is 511 g/mol. The Kier molecular flexibility index (Phi) is 15.4. The number of piperazine rings is 1. The number of likely N-dealkylation sites (N-methyl/N-ethyl adjacent to an activating group) is 1. The van der Waals surface area contributed by atoms with Crippen LogP contribution in [0.3, 0.4) is 0 Å². The number of unbranched alkanes of at least 4 members (excludes halogenated alkanes) is 1. The fourth-order valence-corrected chi connectivity index (χ4v) is 3.59. The van der Waals surface area contributed by atoms with Crippen LogP contribution in [-0.2, 0) is 9.47 Å². The Morgan fingerprint density at radius 1 is 1.07 bits per heavy atom. The maximum absolute atomic E-state index is 5.68. The molecule has 2 aliphatic rings. The average molecular weight is 511 g/mol. The summed E-state index contributed by atoms with van der Waals surface area (Å²) < 4.78 is 11.2. The van der Waals surface area contributed by atoms with Crippen molar-refractivity contribution in [1.29, 1.82) is 0 Å². The Bertz CT molecular complexity index is 400. The van der Waals surface area contributed by atoms with Gasteiger partial charge in [-0.05, 0) is 45.2 Å². The molecule has 1 atom stereocenters. The predicted molar refractivity (Wildman–Crippen MR) is 127 cm³/mol. The van der Waals surface area contributed by atoms with Crippen LogP contribution in [-0.4, -0.2) is 101 Å². The van der Waals surface area contributed by atoms with Gasteiger partial charge in [0.25, 0.3) is 0 Å². The molecule has 0 bridgehead atoms. The van der Waals surface area contributed by atoms with Crippen LogP contribution >= 0.6 is 24.0 Å². The molecule has 166 valence electrons. The molecule has 2 fully saturated rings. The third kappa shape index (κ3) is 11.1. The first-order valence-electron chi connectivity index (χ1n) is 10.9. The Labute approximate surface area is 189 Å². The smallest absolute Gasteiger partial charge is 0.190 e. The van der Waals surface area contributed by atoms with E-state index in [0.717, 1.165) is 51.7 Å². The van der Waals surface area contributed by atoms with Crippen LogP contribution in [0.15, 0.2) is 4.99 Å². The third-order valence-electron chi connectivity index (χ3n) is 5.41. The zero-order chi connectivity index (χ0) is 19.2. The SMILES string of the molecule is CCN1CCN(CCCCNC(=NC)NCCCOCC2CCCO2)CC1.I. The van der Waals surface area contributed by atoms with Crippen molar-refractivity contribution in [3.8, 4) is 0 Å². The summed E-state index contributed by atoms with van der Waals surface area (Å²) in [6.07, 6.45) is 6.04. The number of halogens is 1. The molecule has 2 N–H and O–H groups in total. The second kappa shape index (κ2) is 16.6. The van der Waals surface area contributed by atoms with Gasteiger partial charge in [-0.15, -0.1) is 24.0 Å². The van der Waals surface area contributed by atoms with Crippen LogP contribution in [0.4, 0.5) is 0 Å². The van der Waals surface area contributed by atoms with Crippen LogP contribution in [0.25, 0.3) is 0 Å². The molecule has 7 nitrogen and oxygen atoms in total. The summed E-state index contributed by atoms with van der Waals surface area (Å²) in [6.45, 7) is 13.8. The van der Waals surface area contributed by atoms with Gasteiger partial charge in [0.05, 0.1) is 12.7 Å². The second-order valence-corrected chi connectivity index (χ2v) is 7.47. The van der Waals surface area contributed by atoms with E-state index in [-0.39, 0.29) is 24.0 Å². The van der Waals surface area contributed by atoms with E-state index >= 15 is 0 Å². The maximum Gasteiger partial charge on any atom is 0.190 e. The summed E-state index contributed by atoms with van der Waals surface area (Å²) in [5.74, 6) is 0.894. The number of guanidine groups is 1. The van der Waals surface area contributed by atoms with E-state index in [0.29, 0.717) is 6.10 Å². The zero-order valence-corrected chi connectivity index (χ0v) is 20.3. The molecule has 2 saturated heterocycles. The van der Waals surface area contributed by atoms with E-state index in [2.05, 4.69) is 32.3 Å². The summed E-state index contributed by atoms with van der Waals surface area (Å²) in [6, 6.07) is 0. The molecule has 2 heterocycles. The summed E-state index contributed by atoms with van der Waals surface area (Å²) in [5, 5.41) is 6.77.